The predicted molar refractivity (Wildman–Crippen MR) is 92.5 cm³/mol. The lowest BCUT2D eigenvalue weighted by Gasteiger charge is -2.09. The lowest BCUT2D eigenvalue weighted by Crippen LogP contribution is -2.02. The van der Waals surface area contributed by atoms with Gasteiger partial charge in [0.2, 0.25) is 5.89 Å². The molecule has 24 heavy (non-hydrogen) atoms. The first-order valence-electron chi connectivity index (χ1n) is 7.49. The third kappa shape index (κ3) is 3.49. The Morgan fingerprint density at radius 3 is 2.67 bits per heavy atom. The minimum atomic E-state index is -0.102. The van der Waals surface area contributed by atoms with Gasteiger partial charge in [-0.25, -0.2) is 4.98 Å². The highest BCUT2D eigenvalue weighted by Crippen LogP contribution is 2.26. The summed E-state index contributed by atoms with van der Waals surface area (Å²) in [6, 6.07) is 14.6. The molecule has 0 bridgehead atoms. The average Bonchev–Trinajstić information content (AvgIpc) is 2.95. The summed E-state index contributed by atoms with van der Waals surface area (Å²) in [6.07, 6.45) is 0. The number of aryl methyl sites for hydroxylation is 1. The van der Waals surface area contributed by atoms with Crippen molar-refractivity contribution in [3.8, 4) is 17.2 Å². The van der Waals surface area contributed by atoms with E-state index < -0.39 is 0 Å². The van der Waals surface area contributed by atoms with E-state index in [1.807, 2.05) is 37.3 Å². The van der Waals surface area contributed by atoms with Gasteiger partial charge in [-0.2, -0.15) is 0 Å². The SMILES string of the molecule is CC(=O)c1cc(Cl)ccc1OCc1nc(-c2ccccc2)oc1C. The van der Waals surface area contributed by atoms with Crippen LogP contribution in [0.1, 0.15) is 28.7 Å². The van der Waals surface area contributed by atoms with Gasteiger partial charge in [-0.1, -0.05) is 29.8 Å². The second-order valence-corrected chi connectivity index (χ2v) is 5.81. The molecule has 0 spiro atoms. The second kappa shape index (κ2) is 6.89. The van der Waals surface area contributed by atoms with Gasteiger partial charge in [0, 0.05) is 10.6 Å². The van der Waals surface area contributed by atoms with E-state index in [2.05, 4.69) is 4.98 Å². The number of ketones is 1. The van der Waals surface area contributed by atoms with Crippen molar-refractivity contribution in [2.24, 2.45) is 0 Å². The molecular formula is C19H16ClNO3. The summed E-state index contributed by atoms with van der Waals surface area (Å²) in [5.74, 6) is 1.62. The van der Waals surface area contributed by atoms with Crippen molar-refractivity contribution in [1.29, 1.82) is 0 Å². The quantitative estimate of drug-likeness (QED) is 0.607. The fraction of sp³-hybridized carbons (Fsp3) is 0.158. The molecule has 5 heteroatoms. The van der Waals surface area contributed by atoms with Gasteiger partial charge in [-0.3, -0.25) is 4.79 Å². The molecule has 0 saturated carbocycles. The number of nitrogens with zero attached hydrogens (tertiary/aromatic N) is 1. The summed E-state index contributed by atoms with van der Waals surface area (Å²) in [5, 5.41) is 0.497. The molecular weight excluding hydrogens is 326 g/mol. The number of carbonyl (C=O) groups is 1. The number of rotatable bonds is 5. The van der Waals surface area contributed by atoms with Crippen molar-refractivity contribution >= 4 is 17.4 Å². The van der Waals surface area contributed by atoms with Crippen LogP contribution in [0.4, 0.5) is 0 Å². The fourth-order valence-electron chi connectivity index (χ4n) is 2.32. The molecule has 0 N–H and O–H groups in total. The van der Waals surface area contributed by atoms with E-state index >= 15 is 0 Å². The second-order valence-electron chi connectivity index (χ2n) is 5.37. The van der Waals surface area contributed by atoms with Crippen molar-refractivity contribution in [3.05, 3.63) is 70.6 Å². The predicted octanol–water partition coefficient (Wildman–Crippen LogP) is 5.09. The van der Waals surface area contributed by atoms with Crippen LogP contribution >= 0.6 is 11.6 Å². The number of oxazole rings is 1. The van der Waals surface area contributed by atoms with Gasteiger partial charge in [0.1, 0.15) is 23.8 Å². The average molecular weight is 342 g/mol. The molecule has 0 saturated heterocycles. The third-order valence-corrected chi connectivity index (χ3v) is 3.83. The zero-order chi connectivity index (χ0) is 17.1. The molecule has 0 aliphatic heterocycles. The summed E-state index contributed by atoms with van der Waals surface area (Å²) >= 11 is 5.94. The Morgan fingerprint density at radius 1 is 1.21 bits per heavy atom. The Morgan fingerprint density at radius 2 is 1.96 bits per heavy atom. The molecule has 0 radical (unpaired) electrons. The number of benzene rings is 2. The molecule has 3 rings (SSSR count). The van der Waals surface area contributed by atoms with E-state index in [-0.39, 0.29) is 12.4 Å². The van der Waals surface area contributed by atoms with Crippen LogP contribution in [-0.4, -0.2) is 10.8 Å². The molecule has 3 aromatic rings. The first-order chi connectivity index (χ1) is 11.5. The summed E-state index contributed by atoms with van der Waals surface area (Å²) in [7, 11) is 0. The smallest absolute Gasteiger partial charge is 0.226 e. The Balaban J connectivity index is 1.81. The molecule has 1 aromatic heterocycles. The maximum Gasteiger partial charge on any atom is 0.226 e. The van der Waals surface area contributed by atoms with Crippen LogP contribution in [-0.2, 0) is 6.61 Å². The molecule has 0 amide bonds. The van der Waals surface area contributed by atoms with Crippen LogP contribution in [0, 0.1) is 6.92 Å². The van der Waals surface area contributed by atoms with E-state index in [1.54, 1.807) is 18.2 Å². The van der Waals surface area contributed by atoms with Gasteiger partial charge >= 0.3 is 0 Å². The highest BCUT2D eigenvalue weighted by Gasteiger charge is 2.14. The minimum absolute atomic E-state index is 0.102. The van der Waals surface area contributed by atoms with Crippen molar-refractivity contribution in [3.63, 3.8) is 0 Å². The normalized spacial score (nSPS) is 10.6. The van der Waals surface area contributed by atoms with Crippen molar-refractivity contribution < 1.29 is 13.9 Å². The van der Waals surface area contributed by atoms with Crippen LogP contribution in [0.5, 0.6) is 5.75 Å². The Labute approximate surface area is 145 Å². The molecule has 2 aromatic carbocycles. The van der Waals surface area contributed by atoms with Crippen molar-refractivity contribution in [2.75, 3.05) is 0 Å². The third-order valence-electron chi connectivity index (χ3n) is 3.60. The number of halogens is 1. The number of Topliss-reactive ketones (excluding diaryl/α,β-unsaturated/α-hetero) is 1. The number of aromatic nitrogens is 1. The summed E-state index contributed by atoms with van der Waals surface area (Å²) < 4.78 is 11.5. The maximum atomic E-state index is 11.7. The minimum Gasteiger partial charge on any atom is -0.486 e. The monoisotopic (exact) mass is 341 g/mol. The van der Waals surface area contributed by atoms with Crippen LogP contribution in [0.15, 0.2) is 52.9 Å². The van der Waals surface area contributed by atoms with E-state index in [9.17, 15) is 4.79 Å². The lowest BCUT2D eigenvalue weighted by molar-refractivity contribution is 0.101. The fourth-order valence-corrected chi connectivity index (χ4v) is 2.49. The zero-order valence-electron chi connectivity index (χ0n) is 13.4. The Bertz CT molecular complexity index is 872. The van der Waals surface area contributed by atoms with Gasteiger partial charge in [-0.15, -0.1) is 0 Å². The Kier molecular flexibility index (Phi) is 4.67. The molecule has 122 valence electrons. The van der Waals surface area contributed by atoms with Crippen LogP contribution < -0.4 is 4.74 Å². The molecule has 0 aliphatic carbocycles. The van der Waals surface area contributed by atoms with E-state index in [4.69, 9.17) is 20.8 Å². The zero-order valence-corrected chi connectivity index (χ0v) is 14.1. The van der Waals surface area contributed by atoms with Crippen molar-refractivity contribution in [1.82, 2.24) is 4.98 Å². The van der Waals surface area contributed by atoms with Crippen LogP contribution in [0.3, 0.4) is 0 Å². The standard InChI is InChI=1S/C19H16ClNO3/c1-12(22)16-10-15(20)8-9-18(16)23-11-17-13(2)24-19(21-17)14-6-4-3-5-7-14/h3-10H,11H2,1-2H3. The number of ether oxygens (including phenoxy) is 1. The molecule has 0 fully saturated rings. The molecule has 1 heterocycles. The van der Waals surface area contributed by atoms with E-state index in [0.717, 1.165) is 5.56 Å². The van der Waals surface area contributed by atoms with Gasteiger partial charge < -0.3 is 9.15 Å². The molecule has 0 atom stereocenters. The van der Waals surface area contributed by atoms with Gasteiger partial charge in [-0.05, 0) is 44.2 Å². The maximum absolute atomic E-state index is 11.7. The molecule has 4 nitrogen and oxygen atoms in total. The molecule has 0 aliphatic rings. The van der Waals surface area contributed by atoms with Crippen LogP contribution in [0.2, 0.25) is 5.02 Å². The lowest BCUT2D eigenvalue weighted by atomic mass is 10.1. The largest absolute Gasteiger partial charge is 0.486 e. The van der Waals surface area contributed by atoms with Gasteiger partial charge in [0.25, 0.3) is 0 Å². The highest BCUT2D eigenvalue weighted by atomic mass is 35.5. The highest BCUT2D eigenvalue weighted by molar-refractivity contribution is 6.31. The number of hydrogen-bond donors (Lipinski definition) is 0. The summed E-state index contributed by atoms with van der Waals surface area (Å²) in [6.45, 7) is 3.53. The van der Waals surface area contributed by atoms with Crippen LogP contribution in [0.25, 0.3) is 11.5 Å². The van der Waals surface area contributed by atoms with Gasteiger partial charge in [0.15, 0.2) is 5.78 Å². The van der Waals surface area contributed by atoms with Crippen molar-refractivity contribution in [2.45, 2.75) is 20.5 Å². The first kappa shape index (κ1) is 16.3. The Hall–Kier alpha value is -2.59. The first-order valence-corrected chi connectivity index (χ1v) is 7.87. The van der Waals surface area contributed by atoms with E-state index in [1.165, 1.54) is 6.92 Å². The topological polar surface area (TPSA) is 52.3 Å². The van der Waals surface area contributed by atoms with E-state index in [0.29, 0.717) is 33.7 Å². The molecule has 0 unspecified atom stereocenters. The number of carbonyl (C=O) groups excluding carboxylic acids is 1. The summed E-state index contributed by atoms with van der Waals surface area (Å²) in [4.78, 5) is 16.2. The number of hydrogen-bond acceptors (Lipinski definition) is 4. The van der Waals surface area contributed by atoms with Gasteiger partial charge in [0.05, 0.1) is 5.56 Å². The summed E-state index contributed by atoms with van der Waals surface area (Å²) in [5.41, 5.74) is 2.05.